The van der Waals surface area contributed by atoms with E-state index >= 15 is 0 Å². The number of benzene rings is 1. The quantitative estimate of drug-likeness (QED) is 0.547. The zero-order valence-electron chi connectivity index (χ0n) is 7.16. The van der Waals surface area contributed by atoms with Gasteiger partial charge in [0.1, 0.15) is 5.75 Å². The van der Waals surface area contributed by atoms with Crippen molar-refractivity contribution in [1.82, 2.24) is 0 Å². The zero-order chi connectivity index (χ0) is 9.52. The molecule has 68 valence electrons. The van der Waals surface area contributed by atoms with E-state index in [0.29, 0.717) is 18.1 Å². The monoisotopic (exact) mass is 195 g/mol. The Morgan fingerprint density at radius 1 is 1.46 bits per heavy atom. The predicted molar refractivity (Wildman–Crippen MR) is 52.0 cm³/mol. The molecular weight excluding hydrogens is 186 g/mol. The molecule has 0 heterocycles. The second-order valence-electron chi connectivity index (χ2n) is 2.53. The Hall–Kier alpha value is -1.20. The van der Waals surface area contributed by atoms with E-state index in [2.05, 4.69) is 6.07 Å². The molecule has 13 heavy (non-hydrogen) atoms. The first kappa shape index (κ1) is 9.88. The summed E-state index contributed by atoms with van der Waals surface area (Å²) in [6, 6.07) is 9.14. The van der Waals surface area contributed by atoms with Gasteiger partial charge < -0.3 is 4.74 Å². The van der Waals surface area contributed by atoms with E-state index in [0.717, 1.165) is 12.2 Å². The van der Waals surface area contributed by atoms with Crippen LogP contribution in [-0.2, 0) is 0 Å². The number of hydrogen-bond acceptors (Lipinski definition) is 2. The van der Waals surface area contributed by atoms with E-state index in [1.165, 1.54) is 0 Å². The average molecular weight is 196 g/mol. The molecule has 3 heteroatoms. The first-order valence-corrected chi connectivity index (χ1v) is 4.59. The zero-order valence-corrected chi connectivity index (χ0v) is 7.92. The molecule has 0 aliphatic rings. The first-order chi connectivity index (χ1) is 6.36. The van der Waals surface area contributed by atoms with Crippen molar-refractivity contribution in [3.63, 3.8) is 0 Å². The van der Waals surface area contributed by atoms with Crippen LogP contribution in [0.25, 0.3) is 0 Å². The highest BCUT2D eigenvalue weighted by Gasteiger charge is 1.94. The van der Waals surface area contributed by atoms with Crippen LogP contribution < -0.4 is 4.74 Å². The molecule has 0 spiro atoms. The largest absolute Gasteiger partial charge is 0.494 e. The lowest BCUT2D eigenvalue weighted by molar-refractivity contribution is 0.318. The van der Waals surface area contributed by atoms with Crippen molar-refractivity contribution in [1.29, 1.82) is 5.26 Å². The van der Waals surface area contributed by atoms with Crippen molar-refractivity contribution < 1.29 is 4.74 Å². The van der Waals surface area contributed by atoms with Gasteiger partial charge in [-0.15, -0.1) is 11.6 Å². The Bertz CT molecular complexity index is 306. The molecular formula is C10H10ClNO. The fourth-order valence-corrected chi connectivity index (χ4v) is 1.01. The molecule has 0 saturated heterocycles. The maximum Gasteiger partial charge on any atom is 0.120 e. The minimum Gasteiger partial charge on any atom is -0.494 e. The van der Waals surface area contributed by atoms with E-state index in [1.54, 1.807) is 18.2 Å². The molecule has 2 nitrogen and oxygen atoms in total. The third kappa shape index (κ3) is 3.35. The van der Waals surface area contributed by atoms with E-state index in [-0.39, 0.29) is 0 Å². The van der Waals surface area contributed by atoms with Crippen LogP contribution in [0.5, 0.6) is 5.75 Å². The molecule has 0 atom stereocenters. The van der Waals surface area contributed by atoms with Crippen LogP contribution in [-0.4, -0.2) is 12.5 Å². The van der Waals surface area contributed by atoms with Crippen LogP contribution in [0.15, 0.2) is 24.3 Å². The van der Waals surface area contributed by atoms with Crippen molar-refractivity contribution in [3.8, 4) is 11.8 Å². The van der Waals surface area contributed by atoms with Gasteiger partial charge in [-0.2, -0.15) is 5.26 Å². The fourth-order valence-electron chi connectivity index (χ4n) is 0.900. The summed E-state index contributed by atoms with van der Waals surface area (Å²) < 4.78 is 5.35. The number of halogens is 1. The Morgan fingerprint density at radius 2 is 2.31 bits per heavy atom. The Labute approximate surface area is 82.7 Å². The van der Waals surface area contributed by atoms with Crippen LogP contribution in [0.4, 0.5) is 0 Å². The van der Waals surface area contributed by atoms with E-state index < -0.39 is 0 Å². The average Bonchev–Trinajstić information content (AvgIpc) is 2.19. The molecule has 0 aliphatic heterocycles. The van der Waals surface area contributed by atoms with Gasteiger partial charge in [-0.05, 0) is 24.6 Å². The SMILES string of the molecule is N#Cc1cccc(OCCCCl)c1. The summed E-state index contributed by atoms with van der Waals surface area (Å²) in [4.78, 5) is 0. The van der Waals surface area contributed by atoms with Gasteiger partial charge in [0.2, 0.25) is 0 Å². The summed E-state index contributed by atoms with van der Waals surface area (Å²) in [5.74, 6) is 1.32. The van der Waals surface area contributed by atoms with Crippen LogP contribution in [0.2, 0.25) is 0 Å². The van der Waals surface area contributed by atoms with Crippen molar-refractivity contribution in [3.05, 3.63) is 29.8 Å². The lowest BCUT2D eigenvalue weighted by Gasteiger charge is -2.03. The van der Waals surface area contributed by atoms with Crippen molar-refractivity contribution in [2.75, 3.05) is 12.5 Å². The minimum atomic E-state index is 0.595. The molecule has 0 radical (unpaired) electrons. The van der Waals surface area contributed by atoms with E-state index in [1.807, 2.05) is 6.07 Å². The van der Waals surface area contributed by atoms with Gasteiger partial charge in [-0.3, -0.25) is 0 Å². The summed E-state index contributed by atoms with van der Waals surface area (Å²) in [7, 11) is 0. The minimum absolute atomic E-state index is 0.595. The van der Waals surface area contributed by atoms with Crippen molar-refractivity contribution >= 4 is 11.6 Å². The normalized spacial score (nSPS) is 9.23. The molecule has 0 aliphatic carbocycles. The molecule has 0 saturated carbocycles. The van der Waals surface area contributed by atoms with Crippen molar-refractivity contribution in [2.45, 2.75) is 6.42 Å². The molecule has 0 fully saturated rings. The standard InChI is InChI=1S/C10H10ClNO/c11-5-2-6-13-10-4-1-3-9(7-10)8-12/h1,3-4,7H,2,5-6H2. The molecule has 1 rings (SSSR count). The van der Waals surface area contributed by atoms with Crippen LogP contribution in [0.3, 0.4) is 0 Å². The number of ether oxygens (including phenoxy) is 1. The molecule has 0 N–H and O–H groups in total. The number of hydrogen-bond donors (Lipinski definition) is 0. The van der Waals surface area contributed by atoms with Gasteiger partial charge in [-0.25, -0.2) is 0 Å². The number of nitrogens with zero attached hydrogens (tertiary/aromatic N) is 1. The summed E-state index contributed by atoms with van der Waals surface area (Å²) in [6.07, 6.45) is 0.818. The Balaban J connectivity index is 2.52. The maximum absolute atomic E-state index is 8.61. The predicted octanol–water partition coefficient (Wildman–Crippen LogP) is 2.57. The Kier molecular flexibility index (Phi) is 4.14. The summed E-state index contributed by atoms with van der Waals surface area (Å²) in [5.41, 5.74) is 0.614. The number of rotatable bonds is 4. The summed E-state index contributed by atoms with van der Waals surface area (Å²) in [5, 5.41) is 8.61. The lowest BCUT2D eigenvalue weighted by atomic mass is 10.2. The second-order valence-corrected chi connectivity index (χ2v) is 2.91. The second kappa shape index (κ2) is 5.45. The first-order valence-electron chi connectivity index (χ1n) is 4.06. The number of alkyl halides is 1. The van der Waals surface area contributed by atoms with Gasteiger partial charge in [0.25, 0.3) is 0 Å². The summed E-state index contributed by atoms with van der Waals surface area (Å²) >= 11 is 5.49. The number of nitriles is 1. The topological polar surface area (TPSA) is 33.0 Å². The molecule has 1 aromatic rings. The third-order valence-corrected chi connectivity index (χ3v) is 1.78. The van der Waals surface area contributed by atoms with E-state index in [9.17, 15) is 0 Å². The van der Waals surface area contributed by atoms with E-state index in [4.69, 9.17) is 21.6 Å². The molecule has 1 aromatic carbocycles. The molecule has 0 unspecified atom stereocenters. The highest BCUT2D eigenvalue weighted by atomic mass is 35.5. The van der Waals surface area contributed by atoms with Gasteiger partial charge in [0, 0.05) is 5.88 Å². The lowest BCUT2D eigenvalue weighted by Crippen LogP contribution is -1.97. The third-order valence-electron chi connectivity index (χ3n) is 1.51. The van der Waals surface area contributed by atoms with Gasteiger partial charge in [0.15, 0.2) is 0 Å². The van der Waals surface area contributed by atoms with Crippen LogP contribution in [0.1, 0.15) is 12.0 Å². The van der Waals surface area contributed by atoms with Crippen molar-refractivity contribution in [2.24, 2.45) is 0 Å². The molecule has 0 bridgehead atoms. The van der Waals surface area contributed by atoms with Gasteiger partial charge in [0.05, 0.1) is 18.2 Å². The summed E-state index contributed by atoms with van der Waals surface area (Å²) in [6.45, 7) is 0.596. The van der Waals surface area contributed by atoms with Crippen LogP contribution in [0, 0.1) is 11.3 Å². The molecule has 0 amide bonds. The maximum atomic E-state index is 8.61. The highest BCUT2D eigenvalue weighted by molar-refractivity contribution is 6.17. The smallest absolute Gasteiger partial charge is 0.120 e. The Morgan fingerprint density at radius 3 is 3.00 bits per heavy atom. The highest BCUT2D eigenvalue weighted by Crippen LogP contribution is 2.12. The van der Waals surface area contributed by atoms with Gasteiger partial charge in [-0.1, -0.05) is 6.07 Å². The molecule has 0 aromatic heterocycles. The van der Waals surface area contributed by atoms with Crippen LogP contribution >= 0.6 is 11.6 Å². The van der Waals surface area contributed by atoms with Gasteiger partial charge >= 0.3 is 0 Å². The fraction of sp³-hybridized carbons (Fsp3) is 0.300.